The number of aliphatic imine (C=N–C) groups is 1. The maximum Gasteiger partial charge on any atom is 0.315 e. The van der Waals surface area contributed by atoms with Crippen LogP contribution in [-0.4, -0.2) is 24.1 Å². The molecule has 0 spiro atoms. The Morgan fingerprint density at radius 3 is 2.48 bits per heavy atom. The van der Waals surface area contributed by atoms with E-state index in [9.17, 15) is 9.59 Å². The molecule has 0 fully saturated rings. The molecule has 2 aliphatic rings. The summed E-state index contributed by atoms with van der Waals surface area (Å²) in [6.45, 7) is 3.85. The standard InChI is InChI=1S/C25H23Cl2NO3/c1-3-31-25(30)22-14(2)28-20-12-16(15-8-10-17(26)11-9-15)13-21(29)24(20)23(22)18-6-4-5-7-19(18)27/h4-11,16,22-23H,3,12-13H2,1-2H3/t16-,22?,23-/m1/s1. The van der Waals surface area contributed by atoms with E-state index in [2.05, 4.69) is 0 Å². The van der Waals surface area contributed by atoms with Crippen LogP contribution in [0, 0.1) is 5.92 Å². The Bertz CT molecular complexity index is 1090. The Morgan fingerprint density at radius 2 is 1.81 bits per heavy atom. The smallest absolute Gasteiger partial charge is 0.315 e. The summed E-state index contributed by atoms with van der Waals surface area (Å²) in [5.74, 6) is -1.54. The molecule has 0 saturated carbocycles. The third-order valence-corrected chi connectivity index (χ3v) is 6.61. The minimum absolute atomic E-state index is 0.00309. The minimum Gasteiger partial charge on any atom is -0.465 e. The van der Waals surface area contributed by atoms with Crippen LogP contribution in [0.2, 0.25) is 10.0 Å². The van der Waals surface area contributed by atoms with Crippen LogP contribution >= 0.6 is 23.2 Å². The van der Waals surface area contributed by atoms with Crippen LogP contribution < -0.4 is 0 Å². The topological polar surface area (TPSA) is 55.7 Å². The van der Waals surface area contributed by atoms with Gasteiger partial charge in [0.2, 0.25) is 0 Å². The molecule has 2 aromatic carbocycles. The SMILES string of the molecule is CCOC(=O)C1C(C)=NC2=C(C(=O)C[C@H](c3ccc(Cl)cc3)C2)[C@@H]1c1ccccc1Cl. The van der Waals surface area contributed by atoms with Crippen molar-refractivity contribution in [3.05, 3.63) is 81.0 Å². The molecule has 31 heavy (non-hydrogen) atoms. The van der Waals surface area contributed by atoms with E-state index in [0.717, 1.165) is 16.8 Å². The second-order valence-electron chi connectivity index (χ2n) is 7.92. The molecule has 0 aromatic heterocycles. The Labute approximate surface area is 191 Å². The van der Waals surface area contributed by atoms with E-state index in [4.69, 9.17) is 32.9 Å². The summed E-state index contributed by atoms with van der Waals surface area (Å²) in [7, 11) is 0. The maximum atomic E-state index is 13.5. The van der Waals surface area contributed by atoms with Gasteiger partial charge in [-0.1, -0.05) is 53.5 Å². The molecular weight excluding hydrogens is 433 g/mol. The van der Waals surface area contributed by atoms with Crippen molar-refractivity contribution in [2.45, 2.75) is 38.5 Å². The molecule has 1 unspecified atom stereocenters. The Morgan fingerprint density at radius 1 is 1.10 bits per heavy atom. The van der Waals surface area contributed by atoms with Crippen LogP contribution in [0.5, 0.6) is 0 Å². The third kappa shape index (κ3) is 4.19. The van der Waals surface area contributed by atoms with Crippen LogP contribution in [0.1, 0.15) is 49.7 Å². The van der Waals surface area contributed by atoms with Crippen molar-refractivity contribution >= 4 is 40.7 Å². The highest BCUT2D eigenvalue weighted by atomic mass is 35.5. The highest BCUT2D eigenvalue weighted by molar-refractivity contribution is 6.31. The predicted molar refractivity (Wildman–Crippen MR) is 123 cm³/mol. The highest BCUT2D eigenvalue weighted by Crippen LogP contribution is 2.48. The van der Waals surface area contributed by atoms with Crippen LogP contribution in [0.3, 0.4) is 0 Å². The van der Waals surface area contributed by atoms with Gasteiger partial charge in [0.25, 0.3) is 0 Å². The first-order valence-corrected chi connectivity index (χ1v) is 11.1. The van der Waals surface area contributed by atoms with E-state index in [1.807, 2.05) is 49.4 Å². The first kappa shape index (κ1) is 21.8. The van der Waals surface area contributed by atoms with E-state index < -0.39 is 11.8 Å². The summed E-state index contributed by atoms with van der Waals surface area (Å²) in [4.78, 5) is 31.1. The fourth-order valence-electron chi connectivity index (χ4n) is 4.63. The summed E-state index contributed by atoms with van der Waals surface area (Å²) < 4.78 is 5.35. The zero-order valence-corrected chi connectivity index (χ0v) is 18.9. The first-order chi connectivity index (χ1) is 14.9. The Hall–Kier alpha value is -2.43. The predicted octanol–water partition coefficient (Wildman–Crippen LogP) is 6.13. The van der Waals surface area contributed by atoms with Crippen molar-refractivity contribution in [2.24, 2.45) is 10.9 Å². The maximum absolute atomic E-state index is 13.5. The lowest BCUT2D eigenvalue weighted by molar-refractivity contribution is -0.146. The Balaban J connectivity index is 1.81. The number of carbonyl (C=O) groups is 2. The van der Waals surface area contributed by atoms with E-state index >= 15 is 0 Å². The van der Waals surface area contributed by atoms with Gasteiger partial charge in [0.15, 0.2) is 5.78 Å². The van der Waals surface area contributed by atoms with Gasteiger partial charge >= 0.3 is 5.97 Å². The van der Waals surface area contributed by atoms with Crippen molar-refractivity contribution in [1.29, 1.82) is 0 Å². The Kier molecular flexibility index (Phi) is 6.31. The number of hydrogen-bond acceptors (Lipinski definition) is 4. The second kappa shape index (κ2) is 8.97. The number of ether oxygens (including phenoxy) is 1. The quantitative estimate of drug-likeness (QED) is 0.520. The number of benzene rings is 2. The first-order valence-electron chi connectivity index (χ1n) is 10.4. The van der Waals surface area contributed by atoms with Gasteiger partial charge in [-0.2, -0.15) is 0 Å². The van der Waals surface area contributed by atoms with Crippen LogP contribution in [0.25, 0.3) is 0 Å². The van der Waals surface area contributed by atoms with Crippen molar-refractivity contribution in [3.8, 4) is 0 Å². The molecule has 0 bridgehead atoms. The molecule has 0 N–H and O–H groups in total. The lowest BCUT2D eigenvalue weighted by Crippen LogP contribution is -2.38. The number of rotatable bonds is 4. The molecule has 3 atom stereocenters. The summed E-state index contributed by atoms with van der Waals surface area (Å²) in [5, 5.41) is 1.18. The van der Waals surface area contributed by atoms with Crippen LogP contribution in [0.15, 0.2) is 64.8 Å². The van der Waals surface area contributed by atoms with Gasteiger partial charge in [0.05, 0.1) is 6.61 Å². The zero-order chi connectivity index (χ0) is 22.1. The van der Waals surface area contributed by atoms with E-state index in [1.54, 1.807) is 13.0 Å². The molecule has 1 aliphatic heterocycles. The van der Waals surface area contributed by atoms with Gasteiger partial charge in [-0.05, 0) is 55.5 Å². The third-order valence-electron chi connectivity index (χ3n) is 6.01. The fourth-order valence-corrected chi connectivity index (χ4v) is 5.01. The summed E-state index contributed by atoms with van der Waals surface area (Å²) in [5.41, 5.74) is 3.77. The van der Waals surface area contributed by atoms with Crippen molar-refractivity contribution in [1.82, 2.24) is 0 Å². The lowest BCUT2D eigenvalue weighted by atomic mass is 9.69. The van der Waals surface area contributed by atoms with E-state index in [0.29, 0.717) is 34.2 Å². The van der Waals surface area contributed by atoms with Gasteiger partial charge in [-0.3, -0.25) is 14.6 Å². The molecule has 1 aliphatic carbocycles. The van der Waals surface area contributed by atoms with Gasteiger partial charge in [0.1, 0.15) is 5.92 Å². The normalized spacial score (nSPS) is 23.3. The number of Topliss-reactive ketones (excluding diaryl/α,β-unsaturated/α-hetero) is 1. The molecule has 0 saturated heterocycles. The highest BCUT2D eigenvalue weighted by Gasteiger charge is 2.45. The molecule has 4 nitrogen and oxygen atoms in total. The van der Waals surface area contributed by atoms with Crippen LogP contribution in [-0.2, 0) is 14.3 Å². The average Bonchev–Trinajstić information content (AvgIpc) is 2.73. The molecule has 1 heterocycles. The van der Waals surface area contributed by atoms with E-state index in [-0.39, 0.29) is 24.3 Å². The summed E-state index contributed by atoms with van der Waals surface area (Å²) in [6, 6.07) is 15.0. The van der Waals surface area contributed by atoms with Crippen molar-refractivity contribution in [3.63, 3.8) is 0 Å². The molecular formula is C25H23Cl2NO3. The number of nitrogens with zero attached hydrogens (tertiary/aromatic N) is 1. The summed E-state index contributed by atoms with van der Waals surface area (Å²) >= 11 is 12.6. The number of esters is 1. The molecule has 6 heteroatoms. The lowest BCUT2D eigenvalue weighted by Gasteiger charge is -2.36. The molecule has 0 radical (unpaired) electrons. The van der Waals surface area contributed by atoms with Gasteiger partial charge in [-0.15, -0.1) is 0 Å². The number of hydrogen-bond donors (Lipinski definition) is 0. The number of carbonyl (C=O) groups excluding carboxylic acids is 2. The monoisotopic (exact) mass is 455 g/mol. The van der Waals surface area contributed by atoms with Crippen LogP contribution in [0.4, 0.5) is 0 Å². The fraction of sp³-hybridized carbons (Fsp3) is 0.320. The average molecular weight is 456 g/mol. The van der Waals surface area contributed by atoms with E-state index in [1.165, 1.54) is 0 Å². The van der Waals surface area contributed by atoms with Gasteiger partial charge in [-0.25, -0.2) is 0 Å². The number of ketones is 1. The summed E-state index contributed by atoms with van der Waals surface area (Å²) in [6.07, 6.45) is 0.974. The number of halogens is 2. The molecule has 160 valence electrons. The van der Waals surface area contributed by atoms with Crippen molar-refractivity contribution < 1.29 is 14.3 Å². The molecule has 4 rings (SSSR count). The number of allylic oxidation sites excluding steroid dienone is 2. The molecule has 2 aromatic rings. The van der Waals surface area contributed by atoms with Crippen molar-refractivity contribution in [2.75, 3.05) is 6.61 Å². The largest absolute Gasteiger partial charge is 0.465 e. The second-order valence-corrected chi connectivity index (χ2v) is 8.77. The minimum atomic E-state index is -0.672. The molecule has 0 amide bonds. The van der Waals surface area contributed by atoms with Gasteiger partial charge in [0, 0.05) is 39.4 Å². The zero-order valence-electron chi connectivity index (χ0n) is 17.4. The van der Waals surface area contributed by atoms with Gasteiger partial charge < -0.3 is 4.74 Å².